The molecule has 0 saturated carbocycles. The molecule has 1 atom stereocenters. The van der Waals surface area contributed by atoms with Crippen LogP contribution in [0.5, 0.6) is 5.75 Å². The highest BCUT2D eigenvalue weighted by atomic mass is 16.7. The number of benzene rings is 1. The van der Waals surface area contributed by atoms with Gasteiger partial charge >= 0.3 is 13.1 Å². The van der Waals surface area contributed by atoms with Crippen molar-refractivity contribution in [2.45, 2.75) is 51.1 Å². The standard InChI is InChI=1S/C18H23BO5/c1-6-11-22-14-9-7-13(8-10-14)15(12-16(20)21)19-23-17(2,3)18(4,5)24-19/h1,7-10,15H,11-12H2,2-5H3,(H,20,21). The van der Waals surface area contributed by atoms with E-state index in [4.69, 9.17) is 20.5 Å². The third-order valence-electron chi connectivity index (χ3n) is 4.62. The largest absolute Gasteiger partial charge is 0.481 e. The van der Waals surface area contributed by atoms with Gasteiger partial charge in [0.05, 0.1) is 17.6 Å². The molecule has 6 heteroatoms. The molecule has 0 bridgehead atoms. The number of rotatable bonds is 6. The van der Waals surface area contributed by atoms with Crippen molar-refractivity contribution in [2.24, 2.45) is 0 Å². The van der Waals surface area contributed by atoms with E-state index in [2.05, 4.69) is 5.92 Å². The van der Waals surface area contributed by atoms with Crippen molar-refractivity contribution >= 4 is 13.1 Å². The summed E-state index contributed by atoms with van der Waals surface area (Å²) in [6.45, 7) is 7.97. The van der Waals surface area contributed by atoms with E-state index in [1.54, 1.807) is 12.1 Å². The first-order valence-corrected chi connectivity index (χ1v) is 7.90. The minimum Gasteiger partial charge on any atom is -0.481 e. The van der Waals surface area contributed by atoms with Gasteiger partial charge in [-0.25, -0.2) is 0 Å². The summed E-state index contributed by atoms with van der Waals surface area (Å²) in [5, 5.41) is 9.28. The van der Waals surface area contributed by atoms with E-state index in [0.717, 1.165) is 5.56 Å². The van der Waals surface area contributed by atoms with Gasteiger partial charge in [0.15, 0.2) is 0 Å². The number of carboxylic acid groups (broad SMARTS) is 1. The fourth-order valence-corrected chi connectivity index (χ4v) is 2.55. The van der Waals surface area contributed by atoms with E-state index in [-0.39, 0.29) is 13.0 Å². The van der Waals surface area contributed by atoms with Gasteiger partial charge < -0.3 is 19.2 Å². The molecule has 1 heterocycles. The highest BCUT2D eigenvalue weighted by molar-refractivity contribution is 6.48. The molecular weight excluding hydrogens is 307 g/mol. The molecule has 1 aromatic rings. The lowest BCUT2D eigenvalue weighted by Gasteiger charge is -2.32. The molecule has 1 aliphatic rings. The van der Waals surface area contributed by atoms with Crippen molar-refractivity contribution in [1.82, 2.24) is 0 Å². The van der Waals surface area contributed by atoms with Crippen LogP contribution in [0.3, 0.4) is 0 Å². The van der Waals surface area contributed by atoms with Crippen LogP contribution in [0.4, 0.5) is 0 Å². The summed E-state index contributed by atoms with van der Waals surface area (Å²) in [5.41, 5.74) is -0.196. The second-order valence-corrected chi connectivity index (χ2v) is 6.89. The topological polar surface area (TPSA) is 65.0 Å². The summed E-state index contributed by atoms with van der Waals surface area (Å²) in [5.74, 6) is 1.73. The summed E-state index contributed by atoms with van der Waals surface area (Å²) in [6.07, 6.45) is 5.09. The zero-order valence-electron chi connectivity index (χ0n) is 14.5. The molecule has 0 spiro atoms. The zero-order chi connectivity index (χ0) is 18.0. The zero-order valence-corrected chi connectivity index (χ0v) is 14.5. The van der Waals surface area contributed by atoms with Gasteiger partial charge in [-0.1, -0.05) is 18.1 Å². The minimum atomic E-state index is -0.901. The fraction of sp³-hybridized carbons (Fsp3) is 0.500. The smallest absolute Gasteiger partial charge is 0.466 e. The fourth-order valence-electron chi connectivity index (χ4n) is 2.55. The molecule has 1 fully saturated rings. The van der Waals surface area contributed by atoms with Gasteiger partial charge in [0.2, 0.25) is 0 Å². The number of carboxylic acids is 1. The molecule has 24 heavy (non-hydrogen) atoms. The van der Waals surface area contributed by atoms with E-state index < -0.39 is 30.1 Å². The molecule has 128 valence electrons. The molecule has 2 rings (SSSR count). The van der Waals surface area contributed by atoms with Crippen LogP contribution < -0.4 is 4.74 Å². The Bertz CT molecular complexity index is 614. The molecule has 0 aliphatic carbocycles. The second kappa shape index (κ2) is 6.88. The van der Waals surface area contributed by atoms with Crippen molar-refractivity contribution < 1.29 is 23.9 Å². The van der Waals surface area contributed by atoms with Crippen LogP contribution in [0.15, 0.2) is 24.3 Å². The molecule has 1 aliphatic heterocycles. The maximum atomic E-state index is 11.3. The minimum absolute atomic E-state index is 0.0820. The van der Waals surface area contributed by atoms with Gasteiger partial charge in [-0.15, -0.1) is 6.42 Å². The molecule has 0 amide bonds. The number of hydrogen-bond donors (Lipinski definition) is 1. The first-order valence-electron chi connectivity index (χ1n) is 7.90. The predicted molar refractivity (Wildman–Crippen MR) is 91.8 cm³/mol. The number of ether oxygens (including phenoxy) is 1. The Morgan fingerprint density at radius 1 is 1.25 bits per heavy atom. The Kier molecular flexibility index (Phi) is 5.27. The second-order valence-electron chi connectivity index (χ2n) is 6.89. The molecule has 1 unspecified atom stereocenters. The van der Waals surface area contributed by atoms with Gasteiger partial charge in [0.1, 0.15) is 12.4 Å². The number of hydrogen-bond acceptors (Lipinski definition) is 4. The Labute approximate surface area is 143 Å². The lowest BCUT2D eigenvalue weighted by Crippen LogP contribution is -2.41. The molecule has 1 saturated heterocycles. The van der Waals surface area contributed by atoms with Gasteiger partial charge in [-0.2, -0.15) is 0 Å². The predicted octanol–water partition coefficient (Wildman–Crippen LogP) is 2.89. The number of aliphatic carboxylic acids is 1. The van der Waals surface area contributed by atoms with Crippen LogP contribution in [-0.4, -0.2) is 36.0 Å². The summed E-state index contributed by atoms with van der Waals surface area (Å²) in [6, 6.07) is 7.19. The quantitative estimate of drug-likeness (QED) is 0.642. The van der Waals surface area contributed by atoms with Gasteiger partial charge in [0, 0.05) is 5.82 Å². The lowest BCUT2D eigenvalue weighted by molar-refractivity contribution is -0.137. The Morgan fingerprint density at radius 3 is 2.25 bits per heavy atom. The normalized spacial score (nSPS) is 19.5. The summed E-state index contributed by atoms with van der Waals surface area (Å²) >= 11 is 0. The van der Waals surface area contributed by atoms with E-state index in [1.165, 1.54) is 0 Å². The summed E-state index contributed by atoms with van der Waals surface area (Å²) in [4.78, 5) is 11.3. The van der Waals surface area contributed by atoms with Crippen LogP contribution in [0.1, 0.15) is 45.5 Å². The highest BCUT2D eigenvalue weighted by Gasteiger charge is 2.54. The van der Waals surface area contributed by atoms with Crippen LogP contribution >= 0.6 is 0 Å². The highest BCUT2D eigenvalue weighted by Crippen LogP contribution is 2.41. The number of terminal acetylenes is 1. The molecule has 1 aromatic carbocycles. The lowest BCUT2D eigenvalue weighted by atomic mass is 9.66. The van der Waals surface area contributed by atoms with Crippen molar-refractivity contribution in [3.8, 4) is 18.1 Å². The van der Waals surface area contributed by atoms with Crippen LogP contribution in [0, 0.1) is 12.3 Å². The summed E-state index contributed by atoms with van der Waals surface area (Å²) in [7, 11) is -0.622. The molecule has 1 N–H and O–H groups in total. The third kappa shape index (κ3) is 3.92. The molecule has 0 radical (unpaired) electrons. The average molecular weight is 330 g/mol. The van der Waals surface area contributed by atoms with Crippen molar-refractivity contribution in [3.63, 3.8) is 0 Å². The van der Waals surface area contributed by atoms with Crippen LogP contribution in [0.2, 0.25) is 0 Å². The Balaban J connectivity index is 2.23. The molecule has 0 aromatic heterocycles. The van der Waals surface area contributed by atoms with E-state index >= 15 is 0 Å². The monoisotopic (exact) mass is 330 g/mol. The van der Waals surface area contributed by atoms with Gasteiger partial charge in [-0.3, -0.25) is 4.79 Å². The molecule has 5 nitrogen and oxygen atoms in total. The van der Waals surface area contributed by atoms with Gasteiger partial charge in [-0.05, 0) is 45.4 Å². The van der Waals surface area contributed by atoms with Crippen molar-refractivity contribution in [2.75, 3.05) is 6.61 Å². The maximum absolute atomic E-state index is 11.3. The van der Waals surface area contributed by atoms with E-state index in [0.29, 0.717) is 5.75 Å². The Hall–Kier alpha value is -1.97. The number of carbonyl (C=O) groups is 1. The van der Waals surface area contributed by atoms with E-state index in [9.17, 15) is 9.90 Å². The van der Waals surface area contributed by atoms with Crippen molar-refractivity contribution in [3.05, 3.63) is 29.8 Å². The Morgan fingerprint density at radius 2 is 1.79 bits per heavy atom. The third-order valence-corrected chi connectivity index (χ3v) is 4.62. The van der Waals surface area contributed by atoms with Gasteiger partial charge in [0.25, 0.3) is 0 Å². The van der Waals surface area contributed by atoms with Crippen LogP contribution in [-0.2, 0) is 14.1 Å². The summed E-state index contributed by atoms with van der Waals surface area (Å²) < 4.78 is 17.4. The van der Waals surface area contributed by atoms with Crippen LogP contribution in [0.25, 0.3) is 0 Å². The first kappa shape index (κ1) is 18.4. The van der Waals surface area contributed by atoms with Crippen molar-refractivity contribution in [1.29, 1.82) is 0 Å². The average Bonchev–Trinajstić information content (AvgIpc) is 2.71. The molecular formula is C18H23BO5. The van der Waals surface area contributed by atoms with E-state index in [1.807, 2.05) is 39.8 Å². The maximum Gasteiger partial charge on any atom is 0.466 e. The SMILES string of the molecule is C#CCOc1ccc(C(CC(=O)O)B2OC(C)(C)C(C)(C)O2)cc1. The first-order chi connectivity index (χ1) is 11.2.